The van der Waals surface area contributed by atoms with Gasteiger partial charge in [0.15, 0.2) is 0 Å². The number of rotatable bonds is 5. The van der Waals surface area contributed by atoms with Crippen molar-refractivity contribution in [2.45, 2.75) is 25.8 Å². The summed E-state index contributed by atoms with van der Waals surface area (Å²) in [6.45, 7) is 2.42. The molecule has 1 heterocycles. The van der Waals surface area contributed by atoms with Crippen molar-refractivity contribution in [2.24, 2.45) is 0 Å². The van der Waals surface area contributed by atoms with Gasteiger partial charge in [0.25, 0.3) is 11.8 Å². The number of carbonyl (C=O) groups is 2. The summed E-state index contributed by atoms with van der Waals surface area (Å²) in [6.07, 6.45) is 3.69. The highest BCUT2D eigenvalue weighted by Crippen LogP contribution is 2.26. The van der Waals surface area contributed by atoms with E-state index in [2.05, 4.69) is 15.6 Å². The van der Waals surface area contributed by atoms with Crippen molar-refractivity contribution in [3.05, 3.63) is 53.7 Å². The second-order valence-electron chi connectivity index (χ2n) is 5.55. The highest BCUT2D eigenvalue weighted by Gasteiger charge is 2.26. The van der Waals surface area contributed by atoms with Crippen LogP contribution in [0, 0.1) is 0 Å². The van der Waals surface area contributed by atoms with Crippen molar-refractivity contribution in [3.8, 4) is 11.3 Å². The van der Waals surface area contributed by atoms with E-state index < -0.39 is 0 Å². The molecule has 0 saturated heterocycles. The third-order valence-electron chi connectivity index (χ3n) is 3.73. The fourth-order valence-corrected chi connectivity index (χ4v) is 2.44. The van der Waals surface area contributed by atoms with Crippen LogP contribution in [0.2, 0.25) is 0 Å². The van der Waals surface area contributed by atoms with Crippen LogP contribution in [0.25, 0.3) is 11.3 Å². The molecule has 2 amide bonds. The van der Waals surface area contributed by atoms with Crippen LogP contribution in [0.1, 0.15) is 40.5 Å². The van der Waals surface area contributed by atoms with E-state index in [1.807, 2.05) is 19.1 Å². The Morgan fingerprint density at radius 1 is 1.09 bits per heavy atom. The lowest BCUT2D eigenvalue weighted by molar-refractivity contribution is 0.0943. The molecule has 0 spiro atoms. The second kappa shape index (κ2) is 6.60. The van der Waals surface area contributed by atoms with Gasteiger partial charge in [-0.25, -0.2) is 0 Å². The van der Waals surface area contributed by atoms with E-state index in [9.17, 15) is 9.59 Å². The Balaban J connectivity index is 2.02. The van der Waals surface area contributed by atoms with Gasteiger partial charge >= 0.3 is 0 Å². The summed E-state index contributed by atoms with van der Waals surface area (Å²) >= 11 is 0. The van der Waals surface area contributed by atoms with Crippen LogP contribution in [0.3, 0.4) is 0 Å². The lowest BCUT2D eigenvalue weighted by Crippen LogP contribution is -2.27. The highest BCUT2D eigenvalue weighted by molar-refractivity contribution is 6.05. The molecule has 1 aromatic carbocycles. The number of nitrogens with zero attached hydrogens (tertiary/aromatic N) is 1. The van der Waals surface area contributed by atoms with Gasteiger partial charge in [-0.15, -0.1) is 0 Å². The normalized spacial score (nSPS) is 13.4. The Kier molecular flexibility index (Phi) is 4.37. The summed E-state index contributed by atoms with van der Waals surface area (Å²) in [4.78, 5) is 29.1. The molecule has 3 rings (SSSR count). The molecule has 1 aliphatic carbocycles. The first-order valence-corrected chi connectivity index (χ1v) is 7.84. The zero-order valence-corrected chi connectivity index (χ0v) is 13.0. The minimum Gasteiger partial charge on any atom is -0.352 e. The van der Waals surface area contributed by atoms with Crippen molar-refractivity contribution in [3.63, 3.8) is 0 Å². The van der Waals surface area contributed by atoms with Gasteiger partial charge in [0.1, 0.15) is 0 Å². The minimum atomic E-state index is -0.165. The average molecular weight is 309 g/mol. The van der Waals surface area contributed by atoms with E-state index in [0.29, 0.717) is 28.9 Å². The van der Waals surface area contributed by atoms with E-state index in [-0.39, 0.29) is 17.9 Å². The predicted octanol–water partition coefficient (Wildman–Crippen LogP) is 2.39. The fraction of sp³-hybridized carbons (Fsp3) is 0.278. The van der Waals surface area contributed by atoms with Crippen molar-refractivity contribution >= 4 is 11.8 Å². The van der Waals surface area contributed by atoms with E-state index >= 15 is 0 Å². The predicted molar refractivity (Wildman–Crippen MR) is 88.2 cm³/mol. The molecule has 118 valence electrons. The van der Waals surface area contributed by atoms with Gasteiger partial charge in [-0.1, -0.05) is 18.2 Å². The molecule has 1 aliphatic rings. The SMILES string of the molecule is CCNC(=O)c1ccccc1-c1ncccc1C(=O)NC1CC1. The van der Waals surface area contributed by atoms with E-state index in [4.69, 9.17) is 0 Å². The van der Waals surface area contributed by atoms with E-state index in [0.717, 1.165) is 12.8 Å². The first kappa shape index (κ1) is 15.2. The molecule has 5 nitrogen and oxygen atoms in total. The first-order valence-electron chi connectivity index (χ1n) is 7.84. The fourth-order valence-electron chi connectivity index (χ4n) is 2.44. The monoisotopic (exact) mass is 309 g/mol. The van der Waals surface area contributed by atoms with Gasteiger partial charge in [0.2, 0.25) is 0 Å². The molecule has 2 aromatic rings. The molecule has 2 N–H and O–H groups in total. The summed E-state index contributed by atoms with van der Waals surface area (Å²) in [7, 11) is 0. The number of hydrogen-bond acceptors (Lipinski definition) is 3. The quantitative estimate of drug-likeness (QED) is 0.891. The summed E-state index contributed by atoms with van der Waals surface area (Å²) in [6, 6.07) is 11.0. The molecule has 1 aromatic heterocycles. The molecular formula is C18H19N3O2. The van der Waals surface area contributed by atoms with Crippen LogP contribution >= 0.6 is 0 Å². The zero-order chi connectivity index (χ0) is 16.2. The standard InChI is InChI=1S/C18H19N3O2/c1-2-19-17(22)14-7-4-3-6-13(14)16-15(8-5-11-20-16)18(23)21-12-9-10-12/h3-8,11-12H,2,9-10H2,1H3,(H,19,22)(H,21,23). The second-order valence-corrected chi connectivity index (χ2v) is 5.55. The Morgan fingerprint density at radius 3 is 2.57 bits per heavy atom. The summed E-state index contributed by atoms with van der Waals surface area (Å²) < 4.78 is 0. The van der Waals surface area contributed by atoms with Crippen LogP contribution in [0.5, 0.6) is 0 Å². The number of aromatic nitrogens is 1. The molecule has 1 saturated carbocycles. The molecule has 5 heteroatoms. The smallest absolute Gasteiger partial charge is 0.253 e. The van der Waals surface area contributed by atoms with Crippen LogP contribution < -0.4 is 10.6 Å². The van der Waals surface area contributed by atoms with Gasteiger partial charge in [0.05, 0.1) is 11.3 Å². The van der Waals surface area contributed by atoms with Crippen LogP contribution in [0.4, 0.5) is 0 Å². The highest BCUT2D eigenvalue weighted by atomic mass is 16.2. The van der Waals surface area contributed by atoms with Crippen molar-refractivity contribution < 1.29 is 9.59 Å². The van der Waals surface area contributed by atoms with Crippen molar-refractivity contribution in [1.82, 2.24) is 15.6 Å². The van der Waals surface area contributed by atoms with Crippen molar-refractivity contribution in [1.29, 1.82) is 0 Å². The van der Waals surface area contributed by atoms with E-state index in [1.54, 1.807) is 30.5 Å². The molecule has 1 fully saturated rings. The Morgan fingerprint density at radius 2 is 1.83 bits per heavy atom. The molecule has 0 unspecified atom stereocenters. The van der Waals surface area contributed by atoms with Gasteiger partial charge in [-0.05, 0) is 38.0 Å². The summed E-state index contributed by atoms with van der Waals surface area (Å²) in [5.41, 5.74) is 2.22. The van der Waals surface area contributed by atoms with E-state index in [1.165, 1.54) is 0 Å². The number of benzene rings is 1. The Bertz CT molecular complexity index is 739. The summed E-state index contributed by atoms with van der Waals surface area (Å²) in [5.74, 6) is -0.302. The largest absolute Gasteiger partial charge is 0.352 e. The molecule has 0 radical (unpaired) electrons. The third kappa shape index (κ3) is 3.39. The minimum absolute atomic E-state index is 0.138. The van der Waals surface area contributed by atoms with Crippen LogP contribution in [0.15, 0.2) is 42.6 Å². The third-order valence-corrected chi connectivity index (χ3v) is 3.73. The molecule has 23 heavy (non-hydrogen) atoms. The lowest BCUT2D eigenvalue weighted by atomic mass is 9.99. The number of amides is 2. The maximum Gasteiger partial charge on any atom is 0.253 e. The van der Waals surface area contributed by atoms with Crippen molar-refractivity contribution in [2.75, 3.05) is 6.54 Å². The average Bonchev–Trinajstić information content (AvgIpc) is 3.39. The number of carbonyl (C=O) groups excluding carboxylic acids is 2. The zero-order valence-electron chi connectivity index (χ0n) is 13.0. The maximum absolute atomic E-state index is 12.4. The maximum atomic E-state index is 12.4. The van der Waals surface area contributed by atoms with Gasteiger partial charge in [-0.2, -0.15) is 0 Å². The topological polar surface area (TPSA) is 71.1 Å². The van der Waals surface area contributed by atoms with Gasteiger partial charge in [0, 0.05) is 29.9 Å². The Labute approximate surface area is 135 Å². The lowest BCUT2D eigenvalue weighted by Gasteiger charge is -2.12. The van der Waals surface area contributed by atoms with Gasteiger partial charge < -0.3 is 10.6 Å². The molecule has 0 atom stereocenters. The molecular weight excluding hydrogens is 290 g/mol. The Hall–Kier alpha value is -2.69. The van der Waals surface area contributed by atoms with Crippen LogP contribution in [-0.4, -0.2) is 29.4 Å². The first-order chi connectivity index (χ1) is 11.2. The molecule has 0 aliphatic heterocycles. The van der Waals surface area contributed by atoms with Crippen LogP contribution in [-0.2, 0) is 0 Å². The number of pyridine rings is 1. The summed E-state index contributed by atoms with van der Waals surface area (Å²) in [5, 5.41) is 5.77. The molecule has 0 bridgehead atoms. The van der Waals surface area contributed by atoms with Gasteiger partial charge in [-0.3, -0.25) is 14.6 Å². The number of hydrogen-bond donors (Lipinski definition) is 2. The number of nitrogens with one attached hydrogen (secondary N) is 2.